The molecule has 0 aliphatic carbocycles. The number of nitrogens with two attached hydrogens (primary N) is 1. The van der Waals surface area contributed by atoms with Crippen molar-refractivity contribution in [2.45, 2.75) is 32.5 Å². The highest BCUT2D eigenvalue weighted by Crippen LogP contribution is 2.21. The number of rotatable bonds is 4. The molecule has 1 aromatic heterocycles. The second kappa shape index (κ2) is 5.10. The van der Waals surface area contributed by atoms with Crippen molar-refractivity contribution < 1.29 is 0 Å². The van der Waals surface area contributed by atoms with Crippen LogP contribution in [0.5, 0.6) is 0 Å². The fraction of sp³-hybridized carbons (Fsp3) is 0.556. The maximum absolute atomic E-state index is 5.74. The number of nitrogens with one attached hydrogen (secondary N) is 1. The van der Waals surface area contributed by atoms with Crippen molar-refractivity contribution in [1.82, 2.24) is 5.32 Å². The van der Waals surface area contributed by atoms with E-state index in [-0.39, 0.29) is 6.04 Å². The summed E-state index contributed by atoms with van der Waals surface area (Å²) in [6.07, 6.45) is 0. The number of hydrogen-bond acceptors (Lipinski definition) is 3. The second-order valence-corrected chi connectivity index (χ2v) is 5.78. The van der Waals surface area contributed by atoms with E-state index in [1.807, 2.05) is 6.92 Å². The van der Waals surface area contributed by atoms with Crippen molar-refractivity contribution in [3.63, 3.8) is 0 Å². The first kappa shape index (κ1) is 11.2. The second-order valence-electron chi connectivity index (χ2n) is 3.23. The molecule has 1 aromatic rings. The molecule has 2 atom stereocenters. The van der Waals surface area contributed by atoms with Crippen molar-refractivity contribution in [2.24, 2.45) is 5.73 Å². The van der Waals surface area contributed by atoms with Crippen LogP contribution in [0.15, 0.2) is 15.9 Å². The highest BCUT2D eigenvalue weighted by atomic mass is 79.9. The normalized spacial score (nSPS) is 15.7. The Morgan fingerprint density at radius 2 is 2.23 bits per heavy atom. The van der Waals surface area contributed by atoms with Gasteiger partial charge >= 0.3 is 0 Å². The monoisotopic (exact) mass is 262 g/mol. The van der Waals surface area contributed by atoms with Gasteiger partial charge in [0.15, 0.2) is 0 Å². The maximum Gasteiger partial charge on any atom is 0.0701 e. The predicted molar refractivity (Wildman–Crippen MR) is 62.0 cm³/mol. The smallest absolute Gasteiger partial charge is 0.0701 e. The minimum absolute atomic E-state index is 0.198. The third kappa shape index (κ3) is 3.77. The SMILES string of the molecule is CC(N)C(C)NCc1ccc(Br)s1. The Kier molecular flexibility index (Phi) is 4.38. The minimum Gasteiger partial charge on any atom is -0.327 e. The largest absolute Gasteiger partial charge is 0.327 e. The van der Waals surface area contributed by atoms with Crippen molar-refractivity contribution in [2.75, 3.05) is 0 Å². The van der Waals surface area contributed by atoms with Crippen LogP contribution in [0.25, 0.3) is 0 Å². The summed E-state index contributed by atoms with van der Waals surface area (Å²) in [5.41, 5.74) is 5.74. The van der Waals surface area contributed by atoms with Crippen LogP contribution in [0.4, 0.5) is 0 Å². The third-order valence-corrected chi connectivity index (χ3v) is 3.64. The molecule has 0 amide bonds. The van der Waals surface area contributed by atoms with Gasteiger partial charge in [-0.05, 0) is 41.9 Å². The third-order valence-electron chi connectivity index (χ3n) is 2.02. The average molecular weight is 263 g/mol. The van der Waals surface area contributed by atoms with Crippen molar-refractivity contribution in [3.8, 4) is 0 Å². The van der Waals surface area contributed by atoms with E-state index in [2.05, 4.69) is 40.3 Å². The zero-order valence-corrected chi connectivity index (χ0v) is 10.3. The Bertz CT molecular complexity index is 260. The van der Waals surface area contributed by atoms with E-state index in [4.69, 9.17) is 5.73 Å². The molecule has 1 heterocycles. The lowest BCUT2D eigenvalue weighted by Gasteiger charge is -2.16. The van der Waals surface area contributed by atoms with Crippen molar-refractivity contribution in [1.29, 1.82) is 0 Å². The molecule has 2 nitrogen and oxygen atoms in total. The van der Waals surface area contributed by atoms with E-state index in [9.17, 15) is 0 Å². The lowest BCUT2D eigenvalue weighted by atomic mass is 10.2. The molecule has 0 fully saturated rings. The topological polar surface area (TPSA) is 38.0 Å². The van der Waals surface area contributed by atoms with Gasteiger partial charge in [-0.1, -0.05) is 0 Å². The molecule has 0 saturated carbocycles. The Balaban J connectivity index is 2.35. The van der Waals surface area contributed by atoms with Gasteiger partial charge in [0, 0.05) is 23.5 Å². The van der Waals surface area contributed by atoms with E-state index < -0.39 is 0 Å². The lowest BCUT2D eigenvalue weighted by Crippen LogP contribution is -2.40. The maximum atomic E-state index is 5.74. The number of halogens is 1. The zero-order valence-electron chi connectivity index (χ0n) is 7.88. The molecule has 1 rings (SSSR count). The molecule has 3 N–H and O–H groups in total. The summed E-state index contributed by atoms with van der Waals surface area (Å²) in [6, 6.07) is 4.75. The molecule has 0 aliphatic heterocycles. The molecular formula is C9H15BrN2S. The van der Waals surface area contributed by atoms with Gasteiger partial charge in [-0.15, -0.1) is 11.3 Å². The van der Waals surface area contributed by atoms with Crippen LogP contribution in [-0.2, 0) is 6.54 Å². The Hall–Kier alpha value is 0.1000. The van der Waals surface area contributed by atoms with E-state index in [0.717, 1.165) is 6.54 Å². The van der Waals surface area contributed by atoms with E-state index in [1.165, 1.54) is 8.66 Å². The summed E-state index contributed by atoms with van der Waals surface area (Å²) in [7, 11) is 0. The Labute approximate surface area is 91.7 Å². The summed E-state index contributed by atoms with van der Waals surface area (Å²) >= 11 is 5.19. The molecule has 0 radical (unpaired) electrons. The van der Waals surface area contributed by atoms with Gasteiger partial charge in [0.05, 0.1) is 3.79 Å². The van der Waals surface area contributed by atoms with Crippen LogP contribution in [-0.4, -0.2) is 12.1 Å². The van der Waals surface area contributed by atoms with E-state index in [0.29, 0.717) is 6.04 Å². The van der Waals surface area contributed by atoms with Gasteiger partial charge in [0.2, 0.25) is 0 Å². The molecule has 0 bridgehead atoms. The average Bonchev–Trinajstić information content (AvgIpc) is 2.47. The van der Waals surface area contributed by atoms with Crippen LogP contribution in [0, 0.1) is 0 Å². The molecule has 0 aliphatic rings. The zero-order chi connectivity index (χ0) is 9.84. The van der Waals surface area contributed by atoms with Gasteiger partial charge < -0.3 is 11.1 Å². The molecule has 74 valence electrons. The van der Waals surface area contributed by atoms with Gasteiger partial charge in [0.25, 0.3) is 0 Å². The van der Waals surface area contributed by atoms with Gasteiger partial charge in [0.1, 0.15) is 0 Å². The summed E-state index contributed by atoms with van der Waals surface area (Å²) in [5.74, 6) is 0. The summed E-state index contributed by atoms with van der Waals surface area (Å²) in [6.45, 7) is 5.02. The Morgan fingerprint density at radius 3 is 2.69 bits per heavy atom. The highest BCUT2D eigenvalue weighted by Gasteiger charge is 2.06. The van der Waals surface area contributed by atoms with Gasteiger partial charge in [-0.25, -0.2) is 0 Å². The van der Waals surface area contributed by atoms with Crippen LogP contribution < -0.4 is 11.1 Å². The standard InChI is InChI=1S/C9H15BrN2S/c1-6(11)7(2)12-5-8-3-4-9(10)13-8/h3-4,6-7,12H,5,11H2,1-2H3. The molecule has 4 heteroatoms. The predicted octanol–water partition coefficient (Wildman–Crippen LogP) is 2.34. The molecular weight excluding hydrogens is 248 g/mol. The first-order valence-corrected chi connectivity index (χ1v) is 5.93. The van der Waals surface area contributed by atoms with E-state index >= 15 is 0 Å². The lowest BCUT2D eigenvalue weighted by molar-refractivity contribution is 0.480. The molecule has 2 unspecified atom stereocenters. The van der Waals surface area contributed by atoms with E-state index in [1.54, 1.807) is 11.3 Å². The minimum atomic E-state index is 0.198. The number of hydrogen-bond donors (Lipinski definition) is 2. The van der Waals surface area contributed by atoms with Gasteiger partial charge in [-0.3, -0.25) is 0 Å². The quantitative estimate of drug-likeness (QED) is 0.875. The van der Waals surface area contributed by atoms with Crippen LogP contribution >= 0.6 is 27.3 Å². The van der Waals surface area contributed by atoms with Crippen LogP contribution in [0.3, 0.4) is 0 Å². The van der Waals surface area contributed by atoms with Crippen LogP contribution in [0.1, 0.15) is 18.7 Å². The summed E-state index contributed by atoms with van der Waals surface area (Å²) < 4.78 is 1.18. The van der Waals surface area contributed by atoms with Gasteiger partial charge in [-0.2, -0.15) is 0 Å². The fourth-order valence-corrected chi connectivity index (χ4v) is 2.33. The van der Waals surface area contributed by atoms with Crippen LogP contribution in [0.2, 0.25) is 0 Å². The molecule has 13 heavy (non-hydrogen) atoms. The Morgan fingerprint density at radius 1 is 1.54 bits per heavy atom. The molecule has 0 saturated heterocycles. The summed E-state index contributed by atoms with van der Waals surface area (Å²) in [4.78, 5) is 1.33. The fourth-order valence-electron chi connectivity index (χ4n) is 0.894. The molecule has 0 aromatic carbocycles. The van der Waals surface area contributed by atoms with Crippen molar-refractivity contribution >= 4 is 27.3 Å². The molecule has 0 spiro atoms. The first-order valence-electron chi connectivity index (χ1n) is 4.33. The van der Waals surface area contributed by atoms with Crippen molar-refractivity contribution in [3.05, 3.63) is 20.8 Å². The first-order chi connectivity index (χ1) is 6.09. The summed E-state index contributed by atoms with van der Waals surface area (Å²) in [5, 5.41) is 3.38. The number of thiophene rings is 1. The highest BCUT2D eigenvalue weighted by molar-refractivity contribution is 9.11.